The van der Waals surface area contributed by atoms with Crippen LogP contribution in [0, 0.1) is 0 Å². The van der Waals surface area contributed by atoms with Crippen molar-refractivity contribution in [2.24, 2.45) is 0 Å². The van der Waals surface area contributed by atoms with Crippen LogP contribution in [0.5, 0.6) is 0 Å². The molecule has 25 heavy (non-hydrogen) atoms. The number of hydrogen-bond acceptors (Lipinski definition) is 6. The van der Waals surface area contributed by atoms with E-state index < -0.39 is 11.8 Å². The molecule has 2 N–H and O–H groups in total. The number of esters is 1. The van der Waals surface area contributed by atoms with Gasteiger partial charge in [-0.15, -0.1) is 0 Å². The molecule has 1 aliphatic rings. The number of benzene rings is 1. The molecular formula is C18H22N2O5. The molecule has 0 saturated carbocycles. The van der Waals surface area contributed by atoms with Gasteiger partial charge in [-0.25, -0.2) is 4.79 Å². The average Bonchev–Trinajstić information content (AvgIpc) is 2.87. The standard InChI is InChI=1S/C18H22N2O5/c1-2-3-4-11-25-18(24)13-5-7-14(8-6-13)19-15-12-16(22)20(9-10-21)17(15)23/h5-8,12,19,21H,2-4,9-11H2,1H3. The molecule has 0 bridgehead atoms. The van der Waals surface area contributed by atoms with Crippen molar-refractivity contribution < 1.29 is 24.2 Å². The molecule has 0 saturated heterocycles. The van der Waals surface area contributed by atoms with E-state index in [1.165, 1.54) is 6.08 Å². The zero-order valence-electron chi connectivity index (χ0n) is 14.2. The van der Waals surface area contributed by atoms with Crippen molar-refractivity contribution >= 4 is 23.5 Å². The molecule has 2 rings (SSSR count). The molecular weight excluding hydrogens is 324 g/mol. The van der Waals surface area contributed by atoms with Gasteiger partial charge >= 0.3 is 5.97 Å². The number of β-amino-alcohol motifs (C(OH)–C–C–N with tert-alkyl or cyclic N) is 1. The summed E-state index contributed by atoms with van der Waals surface area (Å²) in [6, 6.07) is 6.46. The summed E-state index contributed by atoms with van der Waals surface area (Å²) >= 11 is 0. The number of nitrogens with one attached hydrogen (secondary N) is 1. The fraction of sp³-hybridized carbons (Fsp3) is 0.389. The van der Waals surface area contributed by atoms with Crippen molar-refractivity contribution in [1.82, 2.24) is 4.90 Å². The molecule has 2 amide bonds. The number of anilines is 1. The predicted molar refractivity (Wildman–Crippen MR) is 91.8 cm³/mol. The Morgan fingerprint density at radius 1 is 1.20 bits per heavy atom. The number of carbonyl (C=O) groups excluding carboxylic acids is 3. The molecule has 0 aliphatic carbocycles. The number of nitrogens with zero attached hydrogens (tertiary/aromatic N) is 1. The summed E-state index contributed by atoms with van der Waals surface area (Å²) in [5.74, 6) is -1.34. The van der Waals surface area contributed by atoms with E-state index in [-0.39, 0.29) is 24.8 Å². The van der Waals surface area contributed by atoms with Gasteiger partial charge in [-0.1, -0.05) is 19.8 Å². The first kappa shape index (κ1) is 18.7. The third kappa shape index (κ3) is 4.90. The zero-order valence-corrected chi connectivity index (χ0v) is 14.2. The highest BCUT2D eigenvalue weighted by molar-refractivity contribution is 6.17. The van der Waals surface area contributed by atoms with Crippen molar-refractivity contribution in [3.63, 3.8) is 0 Å². The second-order valence-corrected chi connectivity index (χ2v) is 5.62. The number of carbonyl (C=O) groups is 3. The van der Waals surface area contributed by atoms with Crippen LogP contribution in [0.1, 0.15) is 36.5 Å². The molecule has 0 atom stereocenters. The number of imide groups is 1. The Labute approximate surface area is 146 Å². The first-order chi connectivity index (χ1) is 12.1. The highest BCUT2D eigenvalue weighted by atomic mass is 16.5. The van der Waals surface area contributed by atoms with Crippen molar-refractivity contribution in [3.05, 3.63) is 41.6 Å². The van der Waals surface area contributed by atoms with Crippen LogP contribution in [-0.4, -0.2) is 47.5 Å². The van der Waals surface area contributed by atoms with Gasteiger partial charge in [0.2, 0.25) is 0 Å². The highest BCUT2D eigenvalue weighted by Gasteiger charge is 2.30. The maximum atomic E-state index is 12.0. The molecule has 0 radical (unpaired) electrons. The van der Waals surface area contributed by atoms with E-state index in [1.807, 2.05) is 0 Å². The van der Waals surface area contributed by atoms with Crippen LogP contribution in [0.3, 0.4) is 0 Å². The molecule has 7 nitrogen and oxygen atoms in total. The molecule has 1 aromatic rings. The fourth-order valence-corrected chi connectivity index (χ4v) is 2.36. The SMILES string of the molecule is CCCCCOC(=O)c1ccc(NC2=CC(=O)N(CCO)C2=O)cc1. The Hall–Kier alpha value is -2.67. The van der Waals surface area contributed by atoms with Gasteiger partial charge in [-0.3, -0.25) is 14.5 Å². The van der Waals surface area contributed by atoms with E-state index in [2.05, 4.69) is 12.2 Å². The van der Waals surface area contributed by atoms with Crippen molar-refractivity contribution in [1.29, 1.82) is 0 Å². The number of ether oxygens (including phenoxy) is 1. The molecule has 7 heteroatoms. The number of hydrogen-bond donors (Lipinski definition) is 2. The van der Waals surface area contributed by atoms with Crippen LogP contribution >= 0.6 is 0 Å². The van der Waals surface area contributed by atoms with Gasteiger partial charge in [0.1, 0.15) is 5.70 Å². The maximum absolute atomic E-state index is 12.0. The number of rotatable bonds is 9. The first-order valence-corrected chi connectivity index (χ1v) is 8.29. The van der Waals surface area contributed by atoms with Crippen molar-refractivity contribution in [3.8, 4) is 0 Å². The van der Waals surface area contributed by atoms with Crippen LogP contribution in [0.2, 0.25) is 0 Å². The van der Waals surface area contributed by atoms with E-state index in [4.69, 9.17) is 9.84 Å². The minimum absolute atomic E-state index is 0.0395. The highest BCUT2D eigenvalue weighted by Crippen LogP contribution is 2.18. The summed E-state index contributed by atoms with van der Waals surface area (Å²) in [5.41, 5.74) is 1.13. The Kier molecular flexibility index (Phi) is 6.71. The van der Waals surface area contributed by atoms with Crippen LogP contribution in [0.15, 0.2) is 36.0 Å². The third-order valence-electron chi connectivity index (χ3n) is 3.71. The molecule has 0 unspecified atom stereocenters. The lowest BCUT2D eigenvalue weighted by molar-refractivity contribution is -0.137. The lowest BCUT2D eigenvalue weighted by Gasteiger charge is -2.13. The predicted octanol–water partition coefficient (Wildman–Crippen LogP) is 1.69. The lowest BCUT2D eigenvalue weighted by atomic mass is 10.2. The molecule has 134 valence electrons. The summed E-state index contributed by atoms with van der Waals surface area (Å²) in [4.78, 5) is 36.6. The molecule has 0 aromatic heterocycles. The van der Waals surface area contributed by atoms with E-state index >= 15 is 0 Å². The molecule has 0 fully saturated rings. The average molecular weight is 346 g/mol. The van der Waals surface area contributed by atoms with Crippen LogP contribution < -0.4 is 5.32 Å². The number of aliphatic hydroxyl groups excluding tert-OH is 1. The van der Waals surface area contributed by atoms with Crippen molar-refractivity contribution in [2.75, 3.05) is 25.1 Å². The molecule has 0 spiro atoms. The Balaban J connectivity index is 1.92. The summed E-state index contributed by atoms with van der Waals surface area (Å²) in [5, 5.41) is 11.7. The van der Waals surface area contributed by atoms with Gasteiger partial charge in [-0.05, 0) is 30.7 Å². The Morgan fingerprint density at radius 3 is 2.56 bits per heavy atom. The third-order valence-corrected chi connectivity index (χ3v) is 3.71. The summed E-state index contributed by atoms with van der Waals surface area (Å²) in [7, 11) is 0. The van der Waals surface area contributed by atoms with Crippen LogP contribution in [0.4, 0.5) is 5.69 Å². The topological polar surface area (TPSA) is 95.9 Å². The van der Waals surface area contributed by atoms with Gasteiger partial charge in [0.05, 0.1) is 25.3 Å². The van der Waals surface area contributed by atoms with Gasteiger partial charge in [0.15, 0.2) is 0 Å². The lowest BCUT2D eigenvalue weighted by Crippen LogP contribution is -2.34. The second kappa shape index (κ2) is 8.98. The van der Waals surface area contributed by atoms with Gasteiger partial charge < -0.3 is 15.2 Å². The van der Waals surface area contributed by atoms with Gasteiger partial charge in [0.25, 0.3) is 11.8 Å². The van der Waals surface area contributed by atoms with E-state index in [9.17, 15) is 14.4 Å². The summed E-state index contributed by atoms with van der Waals surface area (Å²) in [6.45, 7) is 2.15. The summed E-state index contributed by atoms with van der Waals surface area (Å²) in [6.07, 6.45) is 4.11. The molecule has 1 aromatic carbocycles. The summed E-state index contributed by atoms with van der Waals surface area (Å²) < 4.78 is 5.18. The van der Waals surface area contributed by atoms with Gasteiger partial charge in [0, 0.05) is 11.8 Å². The smallest absolute Gasteiger partial charge is 0.338 e. The monoisotopic (exact) mass is 346 g/mol. The number of aliphatic hydroxyl groups is 1. The van der Waals surface area contributed by atoms with Crippen LogP contribution in [-0.2, 0) is 14.3 Å². The maximum Gasteiger partial charge on any atom is 0.338 e. The van der Waals surface area contributed by atoms with E-state index in [0.29, 0.717) is 17.9 Å². The number of unbranched alkanes of at least 4 members (excludes halogenated alkanes) is 2. The van der Waals surface area contributed by atoms with Crippen LogP contribution in [0.25, 0.3) is 0 Å². The van der Waals surface area contributed by atoms with E-state index in [1.54, 1.807) is 24.3 Å². The Morgan fingerprint density at radius 2 is 1.92 bits per heavy atom. The molecule has 1 aliphatic heterocycles. The normalized spacial score (nSPS) is 13.8. The first-order valence-electron chi connectivity index (χ1n) is 8.29. The largest absolute Gasteiger partial charge is 0.462 e. The number of amides is 2. The zero-order chi connectivity index (χ0) is 18.2. The minimum atomic E-state index is -0.488. The van der Waals surface area contributed by atoms with Gasteiger partial charge in [-0.2, -0.15) is 0 Å². The van der Waals surface area contributed by atoms with Crippen molar-refractivity contribution in [2.45, 2.75) is 26.2 Å². The quantitative estimate of drug-likeness (QED) is 0.401. The fourth-order valence-electron chi connectivity index (χ4n) is 2.36. The van der Waals surface area contributed by atoms with E-state index in [0.717, 1.165) is 24.2 Å². The Bertz CT molecular complexity index is 667. The second-order valence-electron chi connectivity index (χ2n) is 5.62. The molecule has 1 heterocycles. The minimum Gasteiger partial charge on any atom is -0.462 e.